The van der Waals surface area contributed by atoms with Gasteiger partial charge in [-0.15, -0.1) is 0 Å². The Morgan fingerprint density at radius 1 is 1.23 bits per heavy atom. The third-order valence-corrected chi connectivity index (χ3v) is 5.20. The number of rotatable bonds is 4. The SMILES string of the molecule is CCCN1C(=O)C2C(N=C3N(c4ccccc4OC)CCN32)N(C)C1=O. The molecule has 0 radical (unpaired) electrons. The van der Waals surface area contributed by atoms with E-state index in [0.717, 1.165) is 30.4 Å². The minimum Gasteiger partial charge on any atom is -0.495 e. The van der Waals surface area contributed by atoms with Crippen LogP contribution in [0.15, 0.2) is 29.3 Å². The minimum atomic E-state index is -0.476. The molecule has 2 atom stereocenters. The molecule has 26 heavy (non-hydrogen) atoms. The smallest absolute Gasteiger partial charge is 0.328 e. The highest BCUT2D eigenvalue weighted by Gasteiger charge is 2.54. The zero-order valence-corrected chi connectivity index (χ0v) is 15.3. The van der Waals surface area contributed by atoms with Crippen LogP contribution in [0.25, 0.3) is 0 Å². The number of methoxy groups -OCH3 is 1. The molecule has 0 aromatic heterocycles. The van der Waals surface area contributed by atoms with Crippen LogP contribution in [0.3, 0.4) is 0 Å². The van der Waals surface area contributed by atoms with Gasteiger partial charge >= 0.3 is 6.03 Å². The fraction of sp³-hybridized carbons (Fsp3) is 0.500. The minimum absolute atomic E-state index is 0.152. The van der Waals surface area contributed by atoms with Gasteiger partial charge in [0.05, 0.1) is 12.8 Å². The van der Waals surface area contributed by atoms with Crippen LogP contribution < -0.4 is 9.64 Å². The normalized spacial score (nSPS) is 24.8. The Labute approximate surface area is 152 Å². The van der Waals surface area contributed by atoms with Gasteiger partial charge in [-0.2, -0.15) is 0 Å². The average Bonchev–Trinajstić information content (AvgIpc) is 3.22. The van der Waals surface area contributed by atoms with Crippen LogP contribution >= 0.6 is 0 Å². The molecule has 1 aromatic carbocycles. The predicted octanol–water partition coefficient (Wildman–Crippen LogP) is 1.19. The maximum Gasteiger partial charge on any atom is 0.328 e. The van der Waals surface area contributed by atoms with Crippen LogP contribution in [-0.4, -0.2) is 78.6 Å². The largest absolute Gasteiger partial charge is 0.495 e. The molecule has 2 unspecified atom stereocenters. The Morgan fingerprint density at radius 3 is 2.73 bits per heavy atom. The van der Waals surface area contributed by atoms with Crippen molar-refractivity contribution in [3.63, 3.8) is 0 Å². The Hall–Kier alpha value is -2.77. The highest BCUT2D eigenvalue weighted by atomic mass is 16.5. The summed E-state index contributed by atoms with van der Waals surface area (Å²) in [6.07, 6.45) is 0.264. The number of hydrogen-bond acceptors (Lipinski definition) is 6. The number of benzene rings is 1. The molecule has 3 heterocycles. The van der Waals surface area contributed by atoms with Crippen LogP contribution in [0.5, 0.6) is 5.75 Å². The van der Waals surface area contributed by atoms with Gasteiger partial charge in [0.25, 0.3) is 5.91 Å². The number of nitrogens with zero attached hydrogens (tertiary/aromatic N) is 5. The third-order valence-electron chi connectivity index (χ3n) is 5.20. The summed E-state index contributed by atoms with van der Waals surface area (Å²) >= 11 is 0. The molecule has 0 N–H and O–H groups in total. The van der Waals surface area contributed by atoms with E-state index in [-0.39, 0.29) is 11.9 Å². The van der Waals surface area contributed by atoms with Gasteiger partial charge in [0.15, 0.2) is 12.2 Å². The fourth-order valence-corrected chi connectivity index (χ4v) is 3.95. The van der Waals surface area contributed by atoms with Gasteiger partial charge in [0, 0.05) is 26.7 Å². The zero-order chi connectivity index (χ0) is 18.4. The summed E-state index contributed by atoms with van der Waals surface area (Å²) in [6, 6.07) is 7.04. The first-order valence-corrected chi connectivity index (χ1v) is 8.91. The molecule has 138 valence electrons. The maximum absolute atomic E-state index is 13.0. The van der Waals surface area contributed by atoms with Crippen LogP contribution in [0.2, 0.25) is 0 Å². The quantitative estimate of drug-likeness (QED) is 0.810. The molecule has 2 fully saturated rings. The number of likely N-dealkylation sites (N-methyl/N-ethyl adjacent to an activating group) is 1. The lowest BCUT2D eigenvalue weighted by molar-refractivity contribution is -0.137. The summed E-state index contributed by atoms with van der Waals surface area (Å²) in [5.74, 6) is 1.34. The van der Waals surface area contributed by atoms with Crippen LogP contribution in [0, 0.1) is 0 Å². The van der Waals surface area contributed by atoms with E-state index in [9.17, 15) is 9.59 Å². The summed E-state index contributed by atoms with van der Waals surface area (Å²) in [5.41, 5.74) is 0.918. The Morgan fingerprint density at radius 2 is 2.00 bits per heavy atom. The number of guanidine groups is 1. The lowest BCUT2D eigenvalue weighted by atomic mass is 10.1. The summed E-state index contributed by atoms with van der Waals surface area (Å²) < 4.78 is 5.48. The molecule has 0 saturated carbocycles. The molecule has 3 aliphatic heterocycles. The van der Waals surface area contributed by atoms with E-state index in [1.165, 1.54) is 4.90 Å². The molecule has 3 amide bonds. The van der Waals surface area contributed by atoms with E-state index < -0.39 is 12.2 Å². The standard InChI is InChI=1S/C18H23N5O3/c1-4-9-23-16(24)14-15(20(2)18(23)25)19-17-21(10-11-22(14)17)12-7-5-6-8-13(12)26-3/h5-8,14-15H,4,9-11H2,1-3H3. The second-order valence-electron chi connectivity index (χ2n) is 6.69. The van der Waals surface area contributed by atoms with Crippen molar-refractivity contribution in [3.05, 3.63) is 24.3 Å². The molecule has 0 bridgehead atoms. The number of anilines is 1. The number of ether oxygens (including phenoxy) is 1. The predicted molar refractivity (Wildman–Crippen MR) is 97.2 cm³/mol. The molecular weight excluding hydrogens is 334 g/mol. The van der Waals surface area contributed by atoms with Gasteiger partial charge < -0.3 is 19.4 Å². The summed E-state index contributed by atoms with van der Waals surface area (Å²) in [4.78, 5) is 37.3. The Bertz CT molecular complexity index is 780. The van der Waals surface area contributed by atoms with E-state index >= 15 is 0 Å². The van der Waals surface area contributed by atoms with Gasteiger partial charge in [-0.1, -0.05) is 19.1 Å². The Kier molecular flexibility index (Phi) is 3.97. The third kappa shape index (κ3) is 2.24. The number of para-hydroxylation sites is 2. The van der Waals surface area contributed by atoms with E-state index in [1.807, 2.05) is 36.1 Å². The molecule has 8 nitrogen and oxygen atoms in total. The zero-order valence-electron chi connectivity index (χ0n) is 15.3. The molecular formula is C18H23N5O3. The van der Waals surface area contributed by atoms with Crippen LogP contribution in [0.4, 0.5) is 10.5 Å². The number of aliphatic imine (C=N–C) groups is 1. The topological polar surface area (TPSA) is 68.7 Å². The van der Waals surface area contributed by atoms with Gasteiger partial charge in [-0.3, -0.25) is 9.69 Å². The number of imide groups is 1. The van der Waals surface area contributed by atoms with Crippen molar-refractivity contribution in [2.75, 3.05) is 38.7 Å². The highest BCUT2D eigenvalue weighted by Crippen LogP contribution is 2.36. The molecule has 4 rings (SSSR count). The molecule has 2 saturated heterocycles. The summed E-state index contributed by atoms with van der Waals surface area (Å²) in [5, 5.41) is 0. The first kappa shape index (κ1) is 16.7. The molecule has 3 aliphatic rings. The van der Waals surface area contributed by atoms with Gasteiger partial charge in [0.2, 0.25) is 5.96 Å². The summed E-state index contributed by atoms with van der Waals surface area (Å²) in [6.45, 7) is 3.81. The molecule has 8 heteroatoms. The number of carbonyl (C=O) groups is 2. The lowest BCUT2D eigenvalue weighted by Gasteiger charge is -2.40. The second-order valence-corrected chi connectivity index (χ2v) is 6.69. The molecule has 0 spiro atoms. The first-order valence-electron chi connectivity index (χ1n) is 8.91. The average molecular weight is 357 g/mol. The van der Waals surface area contributed by atoms with E-state index in [4.69, 9.17) is 9.73 Å². The van der Waals surface area contributed by atoms with Gasteiger partial charge in [0.1, 0.15) is 5.75 Å². The number of hydrogen-bond donors (Lipinski definition) is 0. The fourth-order valence-electron chi connectivity index (χ4n) is 3.95. The van der Waals surface area contributed by atoms with E-state index in [1.54, 1.807) is 19.1 Å². The van der Waals surface area contributed by atoms with Gasteiger partial charge in [-0.05, 0) is 18.6 Å². The van der Waals surface area contributed by atoms with E-state index in [0.29, 0.717) is 13.1 Å². The monoisotopic (exact) mass is 357 g/mol. The lowest BCUT2D eigenvalue weighted by Crippen LogP contribution is -2.64. The van der Waals surface area contributed by atoms with Crippen molar-refractivity contribution in [2.45, 2.75) is 25.6 Å². The number of carbonyl (C=O) groups excluding carboxylic acids is 2. The van der Waals surface area contributed by atoms with Crippen LogP contribution in [0.1, 0.15) is 13.3 Å². The maximum atomic E-state index is 13.0. The van der Waals surface area contributed by atoms with Crippen molar-refractivity contribution in [2.24, 2.45) is 4.99 Å². The Balaban J connectivity index is 1.69. The van der Waals surface area contributed by atoms with E-state index in [2.05, 4.69) is 4.90 Å². The van der Waals surface area contributed by atoms with Crippen molar-refractivity contribution in [1.82, 2.24) is 14.7 Å². The van der Waals surface area contributed by atoms with Crippen molar-refractivity contribution >= 4 is 23.6 Å². The molecule has 0 aliphatic carbocycles. The van der Waals surface area contributed by atoms with Crippen molar-refractivity contribution < 1.29 is 14.3 Å². The van der Waals surface area contributed by atoms with Crippen LogP contribution in [-0.2, 0) is 4.79 Å². The highest BCUT2D eigenvalue weighted by molar-refractivity contribution is 6.08. The number of fused-ring (bicyclic) bond motifs is 3. The molecule has 1 aromatic rings. The second kappa shape index (κ2) is 6.19. The van der Waals surface area contributed by atoms with Crippen molar-refractivity contribution in [3.8, 4) is 5.75 Å². The number of urea groups is 1. The summed E-state index contributed by atoms with van der Waals surface area (Å²) in [7, 11) is 3.36. The number of amides is 3. The van der Waals surface area contributed by atoms with Gasteiger partial charge in [-0.25, -0.2) is 9.79 Å². The van der Waals surface area contributed by atoms with Crippen molar-refractivity contribution in [1.29, 1.82) is 0 Å². The first-order chi connectivity index (χ1) is 12.6.